The highest BCUT2D eigenvalue weighted by Gasteiger charge is 2.18. The lowest BCUT2D eigenvalue weighted by Crippen LogP contribution is -2.23. The maximum absolute atomic E-state index is 11.9. The quantitative estimate of drug-likeness (QED) is 0.670. The SMILES string of the molecule is CC1/C=C/CCCCC/C=C/C(C)CC(O)C(=O)C1. The molecule has 2 heteroatoms. The molecular weight excluding hydrogens is 236 g/mol. The van der Waals surface area contributed by atoms with Crippen LogP contribution < -0.4 is 0 Å². The molecule has 0 spiro atoms. The molecule has 0 amide bonds. The van der Waals surface area contributed by atoms with Crippen molar-refractivity contribution in [2.24, 2.45) is 11.8 Å². The Morgan fingerprint density at radius 2 is 1.58 bits per heavy atom. The molecule has 0 fully saturated rings. The molecule has 1 N–H and O–H groups in total. The van der Waals surface area contributed by atoms with Gasteiger partial charge < -0.3 is 5.11 Å². The van der Waals surface area contributed by atoms with Gasteiger partial charge >= 0.3 is 0 Å². The zero-order chi connectivity index (χ0) is 14.1. The van der Waals surface area contributed by atoms with Crippen molar-refractivity contribution in [3.63, 3.8) is 0 Å². The van der Waals surface area contributed by atoms with Crippen LogP contribution in [0.4, 0.5) is 0 Å². The molecule has 1 aliphatic rings. The van der Waals surface area contributed by atoms with Crippen molar-refractivity contribution in [2.45, 2.75) is 64.9 Å². The van der Waals surface area contributed by atoms with E-state index in [9.17, 15) is 9.90 Å². The third-order valence-electron chi connectivity index (χ3n) is 3.66. The van der Waals surface area contributed by atoms with Crippen LogP contribution >= 0.6 is 0 Å². The maximum atomic E-state index is 11.9. The van der Waals surface area contributed by atoms with Crippen molar-refractivity contribution >= 4 is 5.78 Å². The fourth-order valence-corrected chi connectivity index (χ4v) is 2.44. The van der Waals surface area contributed by atoms with Crippen molar-refractivity contribution in [3.8, 4) is 0 Å². The highest BCUT2D eigenvalue weighted by molar-refractivity contribution is 5.83. The standard InChI is InChI=1S/C17H28O2/c1-14-10-8-6-4-3-5-7-9-11-15(2)13-17(19)16(18)12-14/h8-11,14-16,18H,3-7,12-13H2,1-2H3/b10-8+,11-9+. The van der Waals surface area contributed by atoms with Crippen LogP contribution in [0.3, 0.4) is 0 Å². The predicted octanol–water partition coefficient (Wildman–Crippen LogP) is 4.05. The molecule has 19 heavy (non-hydrogen) atoms. The third-order valence-corrected chi connectivity index (χ3v) is 3.66. The van der Waals surface area contributed by atoms with E-state index in [2.05, 4.69) is 31.2 Å². The summed E-state index contributed by atoms with van der Waals surface area (Å²) in [6.07, 6.45) is 14.7. The summed E-state index contributed by atoms with van der Waals surface area (Å²) in [4.78, 5) is 11.9. The van der Waals surface area contributed by atoms with Crippen molar-refractivity contribution in [1.29, 1.82) is 0 Å². The van der Waals surface area contributed by atoms with Crippen molar-refractivity contribution in [2.75, 3.05) is 0 Å². The van der Waals surface area contributed by atoms with Crippen LogP contribution in [-0.4, -0.2) is 17.0 Å². The van der Waals surface area contributed by atoms with E-state index < -0.39 is 6.10 Å². The van der Waals surface area contributed by atoms with Crippen LogP contribution in [0.1, 0.15) is 58.8 Å². The molecule has 2 nitrogen and oxygen atoms in total. The van der Waals surface area contributed by atoms with Crippen LogP contribution in [0, 0.1) is 11.8 Å². The molecular formula is C17H28O2. The molecule has 0 aromatic rings. The zero-order valence-corrected chi connectivity index (χ0v) is 12.3. The minimum absolute atomic E-state index is 0.0210. The lowest BCUT2D eigenvalue weighted by molar-refractivity contribution is -0.128. The van der Waals surface area contributed by atoms with Gasteiger partial charge in [-0.25, -0.2) is 0 Å². The molecule has 108 valence electrons. The van der Waals surface area contributed by atoms with Gasteiger partial charge in [0.1, 0.15) is 6.10 Å². The highest BCUT2D eigenvalue weighted by atomic mass is 16.3. The zero-order valence-electron chi connectivity index (χ0n) is 12.3. The molecule has 0 aliphatic heterocycles. The summed E-state index contributed by atoms with van der Waals surface area (Å²) >= 11 is 0. The summed E-state index contributed by atoms with van der Waals surface area (Å²) in [5.41, 5.74) is 0. The summed E-state index contributed by atoms with van der Waals surface area (Å²) < 4.78 is 0. The molecule has 1 aliphatic carbocycles. The number of hydrogen-bond donors (Lipinski definition) is 1. The Balaban J connectivity index is 2.59. The largest absolute Gasteiger partial charge is 0.385 e. The van der Waals surface area contributed by atoms with E-state index >= 15 is 0 Å². The lowest BCUT2D eigenvalue weighted by atomic mass is 9.95. The molecule has 3 unspecified atom stereocenters. The topological polar surface area (TPSA) is 37.3 Å². The Kier molecular flexibility index (Phi) is 7.73. The summed E-state index contributed by atoms with van der Waals surface area (Å²) in [6.45, 7) is 4.11. The Morgan fingerprint density at radius 3 is 2.21 bits per heavy atom. The second-order valence-corrected chi connectivity index (χ2v) is 5.87. The van der Waals surface area contributed by atoms with E-state index in [0.29, 0.717) is 12.8 Å². The Bertz CT molecular complexity index is 317. The van der Waals surface area contributed by atoms with Crippen LogP contribution in [0.25, 0.3) is 0 Å². The van der Waals surface area contributed by atoms with Gasteiger partial charge in [0.05, 0.1) is 0 Å². The number of aliphatic hydroxyl groups excluding tert-OH is 1. The van der Waals surface area contributed by atoms with Crippen molar-refractivity contribution in [3.05, 3.63) is 24.3 Å². The molecule has 0 heterocycles. The normalized spacial score (nSPS) is 35.1. The number of rotatable bonds is 0. The van der Waals surface area contributed by atoms with Gasteiger partial charge in [-0.2, -0.15) is 0 Å². The maximum Gasteiger partial charge on any atom is 0.161 e. The summed E-state index contributed by atoms with van der Waals surface area (Å²) in [5.74, 6) is 0.486. The third kappa shape index (κ3) is 7.31. The van der Waals surface area contributed by atoms with Crippen LogP contribution in [0.2, 0.25) is 0 Å². The summed E-state index contributed by atoms with van der Waals surface area (Å²) in [7, 11) is 0. The minimum atomic E-state index is -0.805. The summed E-state index contributed by atoms with van der Waals surface area (Å²) in [5, 5.41) is 9.92. The number of hydrogen-bond acceptors (Lipinski definition) is 2. The molecule has 0 saturated heterocycles. The fraction of sp³-hybridized carbons (Fsp3) is 0.706. The molecule has 0 bridgehead atoms. The van der Waals surface area contributed by atoms with E-state index in [1.54, 1.807) is 0 Å². The van der Waals surface area contributed by atoms with Crippen molar-refractivity contribution in [1.82, 2.24) is 0 Å². The van der Waals surface area contributed by atoms with Crippen LogP contribution in [0.15, 0.2) is 24.3 Å². The van der Waals surface area contributed by atoms with E-state index in [1.165, 1.54) is 19.3 Å². The minimum Gasteiger partial charge on any atom is -0.385 e. The van der Waals surface area contributed by atoms with Gasteiger partial charge in [-0.1, -0.05) is 44.6 Å². The highest BCUT2D eigenvalue weighted by Crippen LogP contribution is 2.15. The number of carbonyl (C=O) groups excluding carboxylic acids is 1. The van der Waals surface area contributed by atoms with Gasteiger partial charge in [0, 0.05) is 6.42 Å². The number of carbonyl (C=O) groups is 1. The first-order valence-corrected chi connectivity index (χ1v) is 7.63. The van der Waals surface area contributed by atoms with E-state index in [-0.39, 0.29) is 17.6 Å². The Labute approximate surface area is 117 Å². The number of ketones is 1. The van der Waals surface area contributed by atoms with E-state index in [1.807, 2.05) is 6.92 Å². The number of Topliss-reactive ketones (excluding diaryl/α,β-unsaturated/α-hetero) is 1. The second-order valence-electron chi connectivity index (χ2n) is 5.87. The summed E-state index contributed by atoms with van der Waals surface area (Å²) in [6, 6.07) is 0. The van der Waals surface area contributed by atoms with Gasteiger partial charge in [0.15, 0.2) is 5.78 Å². The molecule has 0 aromatic heterocycles. The van der Waals surface area contributed by atoms with Crippen LogP contribution in [-0.2, 0) is 4.79 Å². The van der Waals surface area contributed by atoms with E-state index in [0.717, 1.165) is 12.8 Å². The second kappa shape index (κ2) is 9.08. The average molecular weight is 264 g/mol. The molecule has 0 aromatic carbocycles. The lowest BCUT2D eigenvalue weighted by Gasteiger charge is -2.14. The Morgan fingerprint density at radius 1 is 1.00 bits per heavy atom. The average Bonchev–Trinajstić information content (AvgIpc) is 2.35. The molecule has 0 radical (unpaired) electrons. The smallest absolute Gasteiger partial charge is 0.161 e. The predicted molar refractivity (Wildman–Crippen MR) is 79.9 cm³/mol. The number of allylic oxidation sites excluding steroid dienone is 4. The fourth-order valence-electron chi connectivity index (χ4n) is 2.44. The van der Waals surface area contributed by atoms with Gasteiger partial charge in [-0.05, 0) is 43.9 Å². The monoisotopic (exact) mass is 264 g/mol. The van der Waals surface area contributed by atoms with Crippen LogP contribution in [0.5, 0.6) is 0 Å². The van der Waals surface area contributed by atoms with Gasteiger partial charge in [-0.3, -0.25) is 4.79 Å². The van der Waals surface area contributed by atoms with Crippen molar-refractivity contribution < 1.29 is 9.90 Å². The Hall–Kier alpha value is -0.890. The van der Waals surface area contributed by atoms with Gasteiger partial charge in [0.2, 0.25) is 0 Å². The van der Waals surface area contributed by atoms with Gasteiger partial charge in [0.25, 0.3) is 0 Å². The number of aliphatic hydroxyl groups is 1. The molecule has 3 atom stereocenters. The molecule has 1 rings (SSSR count). The first-order valence-electron chi connectivity index (χ1n) is 7.63. The molecule has 0 saturated carbocycles. The van der Waals surface area contributed by atoms with E-state index in [4.69, 9.17) is 0 Å². The van der Waals surface area contributed by atoms with Gasteiger partial charge in [-0.15, -0.1) is 0 Å². The first kappa shape index (κ1) is 16.2. The first-order chi connectivity index (χ1) is 9.09.